The van der Waals surface area contributed by atoms with Gasteiger partial charge in [-0.1, -0.05) is 141 Å². The third kappa shape index (κ3) is 3.92. The van der Waals surface area contributed by atoms with Crippen molar-refractivity contribution in [3.63, 3.8) is 0 Å². The van der Waals surface area contributed by atoms with Crippen molar-refractivity contribution >= 4 is 27.8 Å². The Morgan fingerprint density at radius 1 is 0.464 bits per heavy atom. The van der Waals surface area contributed by atoms with E-state index >= 15 is 0 Å². The zero-order valence-corrected chi connectivity index (χ0v) is 32.0. The van der Waals surface area contributed by atoms with Gasteiger partial charge in [0.2, 0.25) is 0 Å². The quantitative estimate of drug-likeness (QED) is 0.165. The van der Waals surface area contributed by atoms with E-state index in [-0.39, 0.29) is 5.41 Å². The molecule has 0 heterocycles. The van der Waals surface area contributed by atoms with Gasteiger partial charge >= 0.3 is 0 Å². The highest BCUT2D eigenvalue weighted by Gasteiger charge is 2.90. The molecule has 0 amide bonds. The van der Waals surface area contributed by atoms with Crippen molar-refractivity contribution in [2.75, 3.05) is 4.90 Å². The Morgan fingerprint density at radius 3 is 1.89 bits per heavy atom. The largest absolute Gasteiger partial charge is 0.310 e. The monoisotopic (exact) mass is 721 g/mol. The lowest BCUT2D eigenvalue weighted by Gasteiger charge is -2.92. The van der Waals surface area contributed by atoms with Gasteiger partial charge in [0.15, 0.2) is 0 Å². The predicted octanol–water partition coefficient (Wildman–Crippen LogP) is 14.6. The summed E-state index contributed by atoms with van der Waals surface area (Å²) in [4.78, 5) is 2.47. The third-order valence-electron chi connectivity index (χ3n) is 16.3. The average Bonchev–Trinajstić information content (AvgIpc) is 3.54. The molecule has 56 heavy (non-hydrogen) atoms. The number of benzene rings is 7. The summed E-state index contributed by atoms with van der Waals surface area (Å²) in [5, 5.41) is 2.77. The van der Waals surface area contributed by atoms with Gasteiger partial charge in [-0.15, -0.1) is 0 Å². The molecule has 0 N–H and O–H groups in total. The summed E-state index contributed by atoms with van der Waals surface area (Å²) in [6, 6.07) is 60.3. The van der Waals surface area contributed by atoms with Crippen LogP contribution in [0.25, 0.3) is 44.2 Å². The van der Waals surface area contributed by atoms with Crippen LogP contribution in [-0.2, 0) is 5.41 Å². The van der Waals surface area contributed by atoms with Gasteiger partial charge in [0, 0.05) is 22.4 Å². The van der Waals surface area contributed by atoms with E-state index < -0.39 is 0 Å². The molecule has 13 rings (SSSR count). The summed E-state index contributed by atoms with van der Waals surface area (Å²) >= 11 is 0. The molecule has 0 aromatic heterocycles. The molecule has 0 bridgehead atoms. The maximum atomic E-state index is 2.62. The summed E-state index contributed by atoms with van der Waals surface area (Å²) < 4.78 is 0. The van der Waals surface area contributed by atoms with Gasteiger partial charge in [0.05, 0.1) is 5.69 Å². The first-order valence-electron chi connectivity index (χ1n) is 21.6. The van der Waals surface area contributed by atoms with Crippen LogP contribution in [0.2, 0.25) is 0 Å². The molecule has 7 aromatic rings. The third-order valence-corrected chi connectivity index (χ3v) is 16.3. The summed E-state index contributed by atoms with van der Waals surface area (Å²) in [5.41, 5.74) is 17.5. The molecular weight excluding hydrogens is 675 g/mol. The second-order valence-corrected chi connectivity index (χ2v) is 18.2. The highest BCUT2D eigenvalue weighted by atomic mass is 15.1. The van der Waals surface area contributed by atoms with Gasteiger partial charge in [-0.05, 0) is 159 Å². The van der Waals surface area contributed by atoms with Gasteiger partial charge in [0.1, 0.15) is 0 Å². The second-order valence-electron chi connectivity index (χ2n) is 18.2. The van der Waals surface area contributed by atoms with Crippen molar-refractivity contribution in [2.45, 2.75) is 62.7 Å². The summed E-state index contributed by atoms with van der Waals surface area (Å²) in [5.74, 6) is 4.36. The highest BCUT2D eigenvalue weighted by Crippen LogP contribution is 2.94. The fourth-order valence-electron chi connectivity index (χ4n) is 14.2. The van der Waals surface area contributed by atoms with Gasteiger partial charge in [0.25, 0.3) is 0 Å². The Bertz CT molecular complexity index is 2670. The fourth-order valence-corrected chi connectivity index (χ4v) is 14.2. The second kappa shape index (κ2) is 11.6. The Kier molecular flexibility index (Phi) is 6.57. The van der Waals surface area contributed by atoms with E-state index in [4.69, 9.17) is 0 Å². The SMILES string of the molecule is c1ccc(N(c2ccc(-c3ccc4c(c3)C3(c5ccccc5-4)C4CC5CC6CC3C564)cc2)c2ccccc2-c2cccc3cccc(C4CCCCC4)c23)cc1. The average molecular weight is 722 g/mol. The van der Waals surface area contributed by atoms with E-state index in [9.17, 15) is 0 Å². The molecule has 5 fully saturated rings. The Balaban J connectivity index is 0.913. The van der Waals surface area contributed by atoms with Crippen LogP contribution in [0, 0.1) is 29.1 Å². The molecule has 0 radical (unpaired) electrons. The highest BCUT2D eigenvalue weighted by molar-refractivity contribution is 6.03. The van der Waals surface area contributed by atoms with E-state index in [0.29, 0.717) is 11.3 Å². The number of para-hydroxylation sites is 2. The number of nitrogens with zero attached hydrogens (tertiary/aromatic N) is 1. The smallest absolute Gasteiger partial charge is 0.0540 e. The Hall–Kier alpha value is -5.40. The van der Waals surface area contributed by atoms with Crippen LogP contribution in [0.15, 0.2) is 158 Å². The van der Waals surface area contributed by atoms with Crippen molar-refractivity contribution in [3.8, 4) is 33.4 Å². The number of rotatable bonds is 6. The van der Waals surface area contributed by atoms with Crippen LogP contribution in [0.4, 0.5) is 17.1 Å². The van der Waals surface area contributed by atoms with E-state index in [0.717, 1.165) is 23.7 Å². The molecular formula is C55H47N. The van der Waals surface area contributed by atoms with Crippen LogP contribution < -0.4 is 4.90 Å². The van der Waals surface area contributed by atoms with Crippen molar-refractivity contribution in [2.24, 2.45) is 29.1 Å². The first-order valence-corrected chi connectivity index (χ1v) is 21.6. The molecule has 7 aromatic carbocycles. The van der Waals surface area contributed by atoms with Gasteiger partial charge in [-0.25, -0.2) is 0 Å². The number of anilines is 3. The lowest BCUT2D eigenvalue weighted by molar-refractivity contribution is -0.412. The molecule has 5 saturated carbocycles. The maximum absolute atomic E-state index is 2.62. The van der Waals surface area contributed by atoms with E-state index in [2.05, 4.69) is 163 Å². The molecule has 0 saturated heterocycles. The van der Waals surface area contributed by atoms with E-state index in [1.165, 1.54) is 118 Å². The molecule has 4 atom stereocenters. The molecule has 1 nitrogen and oxygen atoms in total. The van der Waals surface area contributed by atoms with Crippen molar-refractivity contribution in [1.82, 2.24) is 0 Å². The lowest BCUT2D eigenvalue weighted by atomic mass is 9.11. The van der Waals surface area contributed by atoms with E-state index in [1.807, 2.05) is 0 Å². The lowest BCUT2D eigenvalue weighted by Crippen LogP contribution is -2.88. The molecule has 0 aliphatic heterocycles. The summed E-state index contributed by atoms with van der Waals surface area (Å²) in [6.45, 7) is 0. The molecule has 6 aliphatic rings. The van der Waals surface area contributed by atoms with Crippen molar-refractivity contribution in [3.05, 3.63) is 174 Å². The van der Waals surface area contributed by atoms with Crippen LogP contribution >= 0.6 is 0 Å². The molecule has 6 aliphatic carbocycles. The molecule has 272 valence electrons. The van der Waals surface area contributed by atoms with Gasteiger partial charge in [-0.2, -0.15) is 0 Å². The van der Waals surface area contributed by atoms with Crippen LogP contribution in [0.3, 0.4) is 0 Å². The maximum Gasteiger partial charge on any atom is 0.0540 e. The Morgan fingerprint density at radius 2 is 1.11 bits per heavy atom. The fraction of sp³-hybridized carbons (Fsp3) is 0.273. The minimum atomic E-state index is 0.238. The van der Waals surface area contributed by atoms with Crippen LogP contribution in [0.1, 0.15) is 74.0 Å². The van der Waals surface area contributed by atoms with E-state index in [1.54, 1.807) is 11.1 Å². The van der Waals surface area contributed by atoms with Gasteiger partial charge < -0.3 is 4.90 Å². The normalized spacial score (nSPS) is 27.5. The van der Waals surface area contributed by atoms with Crippen LogP contribution in [-0.4, -0.2) is 0 Å². The zero-order valence-electron chi connectivity index (χ0n) is 32.0. The van der Waals surface area contributed by atoms with Crippen molar-refractivity contribution in [1.29, 1.82) is 0 Å². The topological polar surface area (TPSA) is 3.24 Å². The molecule has 2 spiro atoms. The number of hydrogen-bond donors (Lipinski definition) is 0. The first kappa shape index (κ1) is 31.8. The Labute approximate surface area is 331 Å². The summed E-state index contributed by atoms with van der Waals surface area (Å²) in [6.07, 6.45) is 11.0. The standard InChI is InChI=1S/C55H47N/c1-3-13-36(14-4-1)43-21-11-15-37-16-12-22-47(53(37)43)46-20-8-10-24-50(46)56(41-17-5-2-6-18-41)42-28-25-35(26-29-42)38-27-30-45-44-19-7-9-23-48(44)55(49(45)31-38)51-33-39-32-40-34-52(55)54(39,40)51/h2,5-12,15-31,36,39-40,51-52H,1,3-4,13-14,32-34H2. The first-order chi connectivity index (χ1) is 27.8. The minimum Gasteiger partial charge on any atom is -0.310 e. The van der Waals surface area contributed by atoms with Crippen LogP contribution in [0.5, 0.6) is 0 Å². The zero-order chi connectivity index (χ0) is 36.6. The van der Waals surface area contributed by atoms with Crippen molar-refractivity contribution < 1.29 is 0 Å². The minimum absolute atomic E-state index is 0.238. The molecule has 4 unspecified atom stereocenters. The predicted molar refractivity (Wildman–Crippen MR) is 232 cm³/mol. The molecule has 1 heteroatoms. The number of hydrogen-bond acceptors (Lipinski definition) is 1. The number of fused-ring (bicyclic) bond motifs is 8. The summed E-state index contributed by atoms with van der Waals surface area (Å²) in [7, 11) is 0. The van der Waals surface area contributed by atoms with Gasteiger partial charge in [-0.3, -0.25) is 0 Å².